The molecule has 0 radical (unpaired) electrons. The molecule has 0 aromatic carbocycles. The van der Waals surface area contributed by atoms with E-state index in [-0.39, 0.29) is 36.2 Å². The Bertz CT molecular complexity index is 808. The number of rotatable bonds is 8. The highest BCUT2D eigenvalue weighted by Crippen LogP contribution is 2.53. The molecule has 2 aliphatic carbocycles. The fraction of sp³-hybridized carbons (Fsp3) is 0.929. The van der Waals surface area contributed by atoms with Crippen LogP contribution in [-0.4, -0.2) is 86.6 Å². The number of methoxy groups -OCH3 is 2. The Morgan fingerprint density at radius 2 is 1.86 bits per heavy atom. The van der Waals surface area contributed by atoms with E-state index in [1.165, 1.54) is 0 Å². The lowest BCUT2D eigenvalue weighted by atomic mass is 9.64. The first kappa shape index (κ1) is 26.4. The van der Waals surface area contributed by atoms with Crippen LogP contribution in [0.3, 0.4) is 0 Å². The van der Waals surface area contributed by atoms with Gasteiger partial charge >= 0.3 is 0 Å². The third-order valence-corrected chi connectivity index (χ3v) is 10.2. The molecule has 3 saturated heterocycles. The van der Waals surface area contributed by atoms with E-state index in [1.54, 1.807) is 14.2 Å². The minimum atomic E-state index is -0.437. The Labute approximate surface area is 216 Å². The molecule has 3 heterocycles. The zero-order chi connectivity index (χ0) is 25.6. The van der Waals surface area contributed by atoms with Gasteiger partial charge in [-0.15, -0.1) is 0 Å². The Kier molecular flexibility index (Phi) is 7.97. The quantitative estimate of drug-likeness (QED) is 0.518. The lowest BCUT2D eigenvalue weighted by molar-refractivity contribution is -0.713. The molecule has 5 rings (SSSR count). The van der Waals surface area contributed by atoms with Gasteiger partial charge in [-0.05, 0) is 63.2 Å². The van der Waals surface area contributed by atoms with Crippen molar-refractivity contribution in [2.24, 2.45) is 29.6 Å². The fourth-order valence-corrected chi connectivity index (χ4v) is 8.61. The molecule has 5 fully saturated rings. The summed E-state index contributed by atoms with van der Waals surface area (Å²) in [7, 11) is 3.48. The molecule has 2 amide bonds. The van der Waals surface area contributed by atoms with E-state index in [4.69, 9.17) is 14.2 Å². The maximum absolute atomic E-state index is 14.1. The average molecular weight is 507 g/mol. The lowest BCUT2D eigenvalue weighted by Crippen LogP contribution is -2.99. The Hall–Kier alpha value is -1.22. The topological polar surface area (TPSA) is 93.7 Å². The predicted octanol–water partition coefficient (Wildman–Crippen LogP) is 1.32. The molecular formula is C28H48N3O5+. The molecule has 2 saturated carbocycles. The summed E-state index contributed by atoms with van der Waals surface area (Å²) in [6.07, 6.45) is 6.45. The number of carbonyl (C=O) groups excluding carboxylic acids is 2. The first-order valence-electron chi connectivity index (χ1n) is 14.5. The second-order valence-corrected chi connectivity index (χ2v) is 12.4. The molecule has 0 bridgehead atoms. The number of nitrogens with zero attached hydrogens (tertiary/aromatic N) is 1. The van der Waals surface area contributed by atoms with Crippen molar-refractivity contribution in [3.8, 4) is 0 Å². The molecule has 0 aromatic rings. The molecule has 3 N–H and O–H groups in total. The van der Waals surface area contributed by atoms with Gasteiger partial charge in [-0.1, -0.05) is 13.8 Å². The van der Waals surface area contributed by atoms with Crippen LogP contribution >= 0.6 is 0 Å². The maximum atomic E-state index is 14.1. The van der Waals surface area contributed by atoms with Crippen molar-refractivity contribution >= 4 is 11.8 Å². The number of ether oxygens (including phenoxy) is 3. The smallest absolute Gasteiger partial charge is 0.248 e. The van der Waals surface area contributed by atoms with Crippen LogP contribution in [0.25, 0.3) is 0 Å². The highest BCUT2D eigenvalue weighted by Gasteiger charge is 2.66. The molecule has 36 heavy (non-hydrogen) atoms. The number of nitrogens with two attached hydrogens (primary N) is 1. The second-order valence-electron chi connectivity index (χ2n) is 12.4. The fourth-order valence-electron chi connectivity index (χ4n) is 8.61. The first-order chi connectivity index (χ1) is 17.3. The van der Waals surface area contributed by atoms with E-state index in [0.29, 0.717) is 48.2 Å². The second kappa shape index (κ2) is 10.9. The van der Waals surface area contributed by atoms with Crippen LogP contribution in [0.15, 0.2) is 0 Å². The van der Waals surface area contributed by atoms with Crippen LogP contribution in [0.1, 0.15) is 65.7 Å². The summed E-state index contributed by atoms with van der Waals surface area (Å²) in [5.74, 6) is 2.13. The summed E-state index contributed by atoms with van der Waals surface area (Å²) < 4.78 is 18.0. The predicted molar refractivity (Wildman–Crippen MR) is 135 cm³/mol. The van der Waals surface area contributed by atoms with Crippen molar-refractivity contribution < 1.29 is 29.1 Å². The summed E-state index contributed by atoms with van der Waals surface area (Å²) in [5, 5.41) is 5.57. The molecular weight excluding hydrogens is 458 g/mol. The number of fused-ring (bicyclic) bond motifs is 5. The zero-order valence-corrected chi connectivity index (χ0v) is 22.9. The van der Waals surface area contributed by atoms with E-state index >= 15 is 0 Å². The first-order valence-corrected chi connectivity index (χ1v) is 14.5. The van der Waals surface area contributed by atoms with Gasteiger partial charge in [0.05, 0.1) is 36.8 Å². The zero-order valence-electron chi connectivity index (χ0n) is 22.9. The van der Waals surface area contributed by atoms with Crippen molar-refractivity contribution in [2.45, 2.75) is 108 Å². The number of carbonyl (C=O) groups is 2. The third-order valence-electron chi connectivity index (χ3n) is 10.2. The normalized spacial score (nSPS) is 42.5. The van der Waals surface area contributed by atoms with Crippen molar-refractivity contribution in [3.63, 3.8) is 0 Å². The number of hydrogen-bond acceptors (Lipinski definition) is 5. The molecule has 11 unspecified atom stereocenters. The highest BCUT2D eigenvalue weighted by atomic mass is 16.5. The van der Waals surface area contributed by atoms with Crippen molar-refractivity contribution in [1.82, 2.24) is 10.2 Å². The number of quaternary nitrogens is 1. The van der Waals surface area contributed by atoms with Crippen LogP contribution in [0.4, 0.5) is 0 Å². The van der Waals surface area contributed by atoms with Crippen LogP contribution < -0.4 is 10.6 Å². The largest absolute Gasteiger partial charge is 0.379 e. The van der Waals surface area contributed by atoms with Crippen molar-refractivity contribution in [2.75, 3.05) is 27.3 Å². The maximum Gasteiger partial charge on any atom is 0.248 e. The number of amides is 2. The molecule has 204 valence electrons. The number of nitrogens with one attached hydrogen (secondary N) is 1. The minimum Gasteiger partial charge on any atom is -0.379 e. The Morgan fingerprint density at radius 3 is 2.58 bits per heavy atom. The standard InChI is InChI=1S/C28H47N3O5/c1-15(2)10-12-30-27(32)16(3)36-17-6-8-21-20(14-17)18-11-13-29-24-19-7-9-22(34-4)26(35-5)23(19)28(33)31(21)25(18)24/h15-26,29H,6-14H2,1-5H3,(H,30,32)/p+1. The van der Waals surface area contributed by atoms with Gasteiger partial charge in [0.1, 0.15) is 12.1 Å². The summed E-state index contributed by atoms with van der Waals surface area (Å²) in [6, 6.07) is 1.07. The lowest BCUT2D eigenvalue weighted by Gasteiger charge is -2.53. The van der Waals surface area contributed by atoms with Crippen molar-refractivity contribution in [3.05, 3.63) is 0 Å². The van der Waals surface area contributed by atoms with Gasteiger partial charge in [0.15, 0.2) is 0 Å². The van der Waals surface area contributed by atoms with E-state index in [9.17, 15) is 9.59 Å². The summed E-state index contributed by atoms with van der Waals surface area (Å²) in [6.45, 7) is 8.04. The molecule has 3 aliphatic heterocycles. The molecule has 0 spiro atoms. The van der Waals surface area contributed by atoms with Gasteiger partial charge in [0.2, 0.25) is 11.8 Å². The van der Waals surface area contributed by atoms with Crippen LogP contribution in [0.5, 0.6) is 0 Å². The van der Waals surface area contributed by atoms with Gasteiger partial charge in [0, 0.05) is 39.1 Å². The Morgan fingerprint density at radius 1 is 1.06 bits per heavy atom. The SMILES string of the molecule is COC1CCC2C3[NH2+]CCC4C5CC(OC(C)C(=O)NCCC(C)C)CCC5N(C(=O)C2C1OC)C43. The van der Waals surface area contributed by atoms with E-state index < -0.39 is 6.10 Å². The van der Waals surface area contributed by atoms with Gasteiger partial charge in [-0.2, -0.15) is 0 Å². The van der Waals surface area contributed by atoms with Crippen molar-refractivity contribution in [1.29, 1.82) is 0 Å². The van der Waals surface area contributed by atoms with Gasteiger partial charge in [0.25, 0.3) is 0 Å². The minimum absolute atomic E-state index is 0.00755. The van der Waals surface area contributed by atoms with Gasteiger partial charge in [-0.3, -0.25) is 9.59 Å². The molecule has 8 nitrogen and oxygen atoms in total. The highest BCUT2D eigenvalue weighted by molar-refractivity contribution is 5.82. The monoisotopic (exact) mass is 506 g/mol. The van der Waals surface area contributed by atoms with Gasteiger partial charge < -0.3 is 29.7 Å². The third kappa shape index (κ3) is 4.61. The van der Waals surface area contributed by atoms with E-state index in [1.807, 2.05) is 6.92 Å². The van der Waals surface area contributed by atoms with Crippen LogP contribution in [0.2, 0.25) is 0 Å². The molecule has 0 aromatic heterocycles. The molecule has 8 heteroatoms. The molecule has 5 aliphatic rings. The number of hydrogen-bond donors (Lipinski definition) is 2. The Balaban J connectivity index is 1.29. The van der Waals surface area contributed by atoms with Gasteiger partial charge in [-0.25, -0.2) is 0 Å². The van der Waals surface area contributed by atoms with Crippen LogP contribution in [0, 0.1) is 29.6 Å². The molecule has 11 atom stereocenters. The average Bonchev–Trinajstić information content (AvgIpc) is 3.20. The summed E-state index contributed by atoms with van der Waals surface area (Å²) in [4.78, 5) is 29.1. The van der Waals surface area contributed by atoms with E-state index in [0.717, 1.165) is 51.5 Å². The summed E-state index contributed by atoms with van der Waals surface area (Å²) >= 11 is 0. The summed E-state index contributed by atoms with van der Waals surface area (Å²) in [5.41, 5.74) is 0. The number of piperidine rings is 2. The van der Waals surface area contributed by atoms with Crippen LogP contribution in [-0.2, 0) is 23.8 Å². The van der Waals surface area contributed by atoms with E-state index in [2.05, 4.69) is 29.4 Å².